The molecule has 0 atom stereocenters. The normalized spacial score (nSPS) is 10.2. The molecule has 130 valence electrons. The summed E-state index contributed by atoms with van der Waals surface area (Å²) in [4.78, 5) is 28.1. The lowest BCUT2D eigenvalue weighted by Crippen LogP contribution is -2.17. The summed E-state index contributed by atoms with van der Waals surface area (Å²) in [6.07, 6.45) is 3.15. The smallest absolute Gasteiger partial charge is 0.349 e. The second-order valence-electron chi connectivity index (χ2n) is 5.67. The molecule has 0 radical (unpaired) electrons. The molecule has 0 aliphatic heterocycles. The van der Waals surface area contributed by atoms with Gasteiger partial charge in [0.15, 0.2) is 12.4 Å². The molecular formula is C21H17NO4. The molecule has 0 aliphatic rings. The Morgan fingerprint density at radius 2 is 1.38 bits per heavy atom. The molecule has 0 saturated heterocycles. The molecule has 0 bridgehead atoms. The van der Waals surface area contributed by atoms with E-state index in [0.717, 1.165) is 5.56 Å². The Balaban J connectivity index is 1.58. The minimum absolute atomic E-state index is 0.0797. The zero-order valence-corrected chi connectivity index (χ0v) is 14.2. The highest BCUT2D eigenvalue weighted by molar-refractivity contribution is 6.09. The Kier molecular flexibility index (Phi) is 5.39. The van der Waals surface area contributed by atoms with E-state index in [9.17, 15) is 9.59 Å². The summed E-state index contributed by atoms with van der Waals surface area (Å²) in [5.74, 6) is 0.285. The quantitative estimate of drug-likeness (QED) is 0.387. The molecular weight excluding hydrogens is 330 g/mol. The molecule has 3 rings (SSSR count). The van der Waals surface area contributed by atoms with Crippen LogP contribution in [0.4, 0.5) is 0 Å². The van der Waals surface area contributed by atoms with Crippen molar-refractivity contribution >= 4 is 11.8 Å². The number of nitrogens with zero attached hydrogens (tertiary/aromatic N) is 1. The Morgan fingerprint density at radius 1 is 0.808 bits per heavy atom. The average molecular weight is 347 g/mol. The summed E-state index contributed by atoms with van der Waals surface area (Å²) >= 11 is 0. The molecule has 0 N–H and O–H groups in total. The highest BCUT2D eigenvalue weighted by Gasteiger charge is 2.10. The summed E-state index contributed by atoms with van der Waals surface area (Å²) in [5.41, 5.74) is 2.24. The number of esters is 1. The first kappa shape index (κ1) is 17.4. The van der Waals surface area contributed by atoms with Crippen LogP contribution in [0.3, 0.4) is 0 Å². The van der Waals surface area contributed by atoms with Gasteiger partial charge in [-0.2, -0.15) is 0 Å². The van der Waals surface area contributed by atoms with E-state index in [0.29, 0.717) is 22.6 Å². The van der Waals surface area contributed by atoms with E-state index in [2.05, 4.69) is 4.98 Å². The average Bonchev–Trinajstić information content (AvgIpc) is 2.68. The predicted molar refractivity (Wildman–Crippen MR) is 96.4 cm³/mol. The van der Waals surface area contributed by atoms with Gasteiger partial charge in [0.25, 0.3) is 0 Å². The van der Waals surface area contributed by atoms with E-state index < -0.39 is 5.97 Å². The molecule has 3 aromatic rings. The van der Waals surface area contributed by atoms with Crippen molar-refractivity contribution < 1.29 is 19.1 Å². The standard InChI is InChI=1S/C21H17NO4/c1-15-2-4-16(5-3-15)21(24)17-6-8-19(9-7-17)26-20(23)14-25-18-10-12-22-13-11-18/h2-13H,14H2,1H3. The van der Waals surface area contributed by atoms with Crippen LogP contribution in [-0.4, -0.2) is 23.3 Å². The van der Waals surface area contributed by atoms with E-state index in [1.54, 1.807) is 60.9 Å². The second-order valence-corrected chi connectivity index (χ2v) is 5.67. The number of carbonyl (C=O) groups is 2. The van der Waals surface area contributed by atoms with Crippen molar-refractivity contribution in [3.63, 3.8) is 0 Å². The van der Waals surface area contributed by atoms with Gasteiger partial charge in [-0.3, -0.25) is 9.78 Å². The molecule has 0 unspecified atom stereocenters. The number of aryl methyl sites for hydroxylation is 1. The molecule has 1 heterocycles. The number of hydrogen-bond acceptors (Lipinski definition) is 5. The molecule has 26 heavy (non-hydrogen) atoms. The van der Waals surface area contributed by atoms with Gasteiger partial charge in [-0.1, -0.05) is 29.8 Å². The van der Waals surface area contributed by atoms with Crippen LogP contribution in [0.2, 0.25) is 0 Å². The van der Waals surface area contributed by atoms with Crippen LogP contribution in [-0.2, 0) is 4.79 Å². The third kappa shape index (κ3) is 4.54. The lowest BCUT2D eigenvalue weighted by molar-refractivity contribution is -0.136. The monoisotopic (exact) mass is 347 g/mol. The predicted octanol–water partition coefficient (Wildman–Crippen LogP) is 3.61. The van der Waals surface area contributed by atoms with Crippen LogP contribution in [0, 0.1) is 6.92 Å². The van der Waals surface area contributed by atoms with Gasteiger partial charge in [0.1, 0.15) is 11.5 Å². The van der Waals surface area contributed by atoms with E-state index in [1.165, 1.54) is 0 Å². The molecule has 0 amide bonds. The molecule has 0 aliphatic carbocycles. The van der Waals surface area contributed by atoms with Crippen LogP contribution >= 0.6 is 0 Å². The van der Waals surface area contributed by atoms with Crippen molar-refractivity contribution in [2.45, 2.75) is 6.92 Å². The number of hydrogen-bond donors (Lipinski definition) is 0. The van der Waals surface area contributed by atoms with Gasteiger partial charge >= 0.3 is 5.97 Å². The van der Waals surface area contributed by atoms with Gasteiger partial charge < -0.3 is 9.47 Å². The van der Waals surface area contributed by atoms with Crippen molar-refractivity contribution in [3.05, 3.63) is 89.7 Å². The van der Waals surface area contributed by atoms with Gasteiger partial charge in [-0.15, -0.1) is 0 Å². The van der Waals surface area contributed by atoms with E-state index in [-0.39, 0.29) is 12.4 Å². The maximum Gasteiger partial charge on any atom is 0.349 e. The van der Waals surface area contributed by atoms with Crippen LogP contribution in [0.15, 0.2) is 73.1 Å². The highest BCUT2D eigenvalue weighted by atomic mass is 16.6. The van der Waals surface area contributed by atoms with Gasteiger partial charge in [-0.05, 0) is 43.3 Å². The fraction of sp³-hybridized carbons (Fsp3) is 0.0952. The first-order chi connectivity index (χ1) is 12.6. The largest absolute Gasteiger partial charge is 0.482 e. The molecule has 2 aromatic carbocycles. The van der Waals surface area contributed by atoms with Gasteiger partial charge in [0.05, 0.1) is 0 Å². The first-order valence-corrected chi connectivity index (χ1v) is 8.07. The summed E-state index contributed by atoms with van der Waals surface area (Å²) in [5, 5.41) is 0. The summed E-state index contributed by atoms with van der Waals surface area (Å²) < 4.78 is 10.5. The fourth-order valence-electron chi connectivity index (χ4n) is 2.28. The molecule has 1 aromatic heterocycles. The number of aromatic nitrogens is 1. The van der Waals surface area contributed by atoms with E-state index >= 15 is 0 Å². The maximum absolute atomic E-state index is 12.4. The van der Waals surface area contributed by atoms with Crippen LogP contribution < -0.4 is 9.47 Å². The van der Waals surface area contributed by atoms with E-state index in [1.807, 2.05) is 19.1 Å². The number of carbonyl (C=O) groups excluding carboxylic acids is 2. The zero-order valence-electron chi connectivity index (χ0n) is 14.2. The Labute approximate surface area is 151 Å². The molecule has 0 fully saturated rings. The number of ketones is 1. The SMILES string of the molecule is Cc1ccc(C(=O)c2ccc(OC(=O)COc3ccncc3)cc2)cc1. The summed E-state index contributed by atoms with van der Waals surface area (Å²) in [7, 11) is 0. The number of rotatable bonds is 6. The lowest BCUT2D eigenvalue weighted by Gasteiger charge is -2.07. The third-order valence-corrected chi connectivity index (χ3v) is 3.67. The Morgan fingerprint density at radius 3 is 2.00 bits per heavy atom. The zero-order chi connectivity index (χ0) is 18.4. The Hall–Kier alpha value is -3.47. The van der Waals surface area contributed by atoms with Crippen molar-refractivity contribution in [2.24, 2.45) is 0 Å². The van der Waals surface area contributed by atoms with E-state index in [4.69, 9.17) is 9.47 Å². The van der Waals surface area contributed by atoms with Crippen LogP contribution in [0.25, 0.3) is 0 Å². The Bertz CT molecular complexity index is 888. The van der Waals surface area contributed by atoms with Crippen LogP contribution in [0.1, 0.15) is 21.5 Å². The molecule has 5 heteroatoms. The van der Waals surface area contributed by atoms with Gasteiger partial charge in [0.2, 0.25) is 0 Å². The second kappa shape index (κ2) is 8.07. The molecule has 5 nitrogen and oxygen atoms in total. The number of ether oxygens (including phenoxy) is 2. The topological polar surface area (TPSA) is 65.5 Å². The third-order valence-electron chi connectivity index (χ3n) is 3.67. The summed E-state index contributed by atoms with van der Waals surface area (Å²) in [6, 6.07) is 17.1. The fourth-order valence-corrected chi connectivity index (χ4v) is 2.28. The highest BCUT2D eigenvalue weighted by Crippen LogP contribution is 2.16. The maximum atomic E-state index is 12.4. The van der Waals surface area contributed by atoms with Crippen molar-refractivity contribution in [2.75, 3.05) is 6.61 Å². The minimum atomic E-state index is -0.528. The van der Waals surface area contributed by atoms with Gasteiger partial charge in [0, 0.05) is 23.5 Å². The van der Waals surface area contributed by atoms with Crippen LogP contribution in [0.5, 0.6) is 11.5 Å². The lowest BCUT2D eigenvalue weighted by atomic mass is 10.0. The number of benzene rings is 2. The van der Waals surface area contributed by atoms with Crippen molar-refractivity contribution in [1.82, 2.24) is 4.98 Å². The summed E-state index contributed by atoms with van der Waals surface area (Å²) in [6.45, 7) is 1.75. The van der Waals surface area contributed by atoms with Gasteiger partial charge in [-0.25, -0.2) is 4.79 Å². The first-order valence-electron chi connectivity index (χ1n) is 8.07. The molecule has 0 spiro atoms. The number of pyridine rings is 1. The molecule has 0 saturated carbocycles. The van der Waals surface area contributed by atoms with Crippen molar-refractivity contribution in [1.29, 1.82) is 0 Å². The minimum Gasteiger partial charge on any atom is -0.482 e. The van der Waals surface area contributed by atoms with Crippen molar-refractivity contribution in [3.8, 4) is 11.5 Å².